The van der Waals surface area contributed by atoms with Gasteiger partial charge in [-0.05, 0) is 50.7 Å². The number of hydrogen-bond donors (Lipinski definition) is 0. The van der Waals surface area contributed by atoms with Crippen molar-refractivity contribution in [3.05, 3.63) is 34.5 Å². The van der Waals surface area contributed by atoms with Crippen molar-refractivity contribution in [2.45, 2.75) is 57.5 Å². The summed E-state index contributed by atoms with van der Waals surface area (Å²) in [5.41, 5.74) is 2.79. The van der Waals surface area contributed by atoms with E-state index in [1.54, 1.807) is 7.11 Å². The zero-order chi connectivity index (χ0) is 20.0. The van der Waals surface area contributed by atoms with E-state index in [9.17, 15) is 4.79 Å². The Kier molecular flexibility index (Phi) is 4.73. The molecule has 3 aliphatic rings. The summed E-state index contributed by atoms with van der Waals surface area (Å²) in [5.74, 6) is 2.66. The third-order valence-electron chi connectivity index (χ3n) is 6.36. The topological polar surface area (TPSA) is 82.4 Å². The number of amides is 1. The lowest BCUT2D eigenvalue weighted by atomic mass is 9.98. The van der Waals surface area contributed by atoms with Gasteiger partial charge >= 0.3 is 0 Å². The molecular formula is C21H27N5O3. The van der Waals surface area contributed by atoms with E-state index in [1.807, 2.05) is 11.0 Å². The first-order chi connectivity index (χ1) is 14.2. The third kappa shape index (κ3) is 3.19. The van der Waals surface area contributed by atoms with Crippen LogP contribution >= 0.6 is 0 Å². The molecule has 29 heavy (non-hydrogen) atoms. The van der Waals surface area contributed by atoms with Crippen LogP contribution in [0, 0.1) is 0 Å². The van der Waals surface area contributed by atoms with Crippen molar-refractivity contribution in [1.82, 2.24) is 24.6 Å². The van der Waals surface area contributed by atoms with Crippen LogP contribution in [0.15, 0.2) is 6.07 Å². The Labute approximate surface area is 170 Å². The normalized spacial score (nSPS) is 21.7. The van der Waals surface area contributed by atoms with Gasteiger partial charge in [0.25, 0.3) is 5.91 Å². The van der Waals surface area contributed by atoms with Crippen LogP contribution in [-0.4, -0.2) is 57.4 Å². The molecule has 0 unspecified atom stereocenters. The standard InChI is InChI=1S/C21H27N5O3/c1-13-11-25(12-18-23-24-19(26(13)18)14-6-8-29-9-7-14)21(27)16-10-15-4-3-5-17(15)22-20(16)28-2/h10,13-14H,3-9,11-12H2,1-2H3/t13-/m0/s1. The molecule has 2 aromatic heterocycles. The van der Waals surface area contributed by atoms with Gasteiger partial charge in [0.05, 0.1) is 19.7 Å². The lowest BCUT2D eigenvalue weighted by Crippen LogP contribution is -2.41. The van der Waals surface area contributed by atoms with Gasteiger partial charge in [0.15, 0.2) is 5.82 Å². The molecule has 0 spiro atoms. The van der Waals surface area contributed by atoms with Crippen LogP contribution in [0.1, 0.15) is 71.4 Å². The molecule has 1 amide bonds. The second-order valence-corrected chi connectivity index (χ2v) is 8.27. The van der Waals surface area contributed by atoms with Crippen molar-refractivity contribution in [3.63, 3.8) is 0 Å². The second-order valence-electron chi connectivity index (χ2n) is 8.27. The molecule has 5 rings (SSSR count). The molecule has 1 saturated heterocycles. The molecule has 1 fully saturated rings. The molecule has 1 aliphatic carbocycles. The number of aryl methyl sites for hydroxylation is 2. The van der Waals surface area contributed by atoms with Crippen molar-refractivity contribution in [1.29, 1.82) is 0 Å². The largest absolute Gasteiger partial charge is 0.480 e. The third-order valence-corrected chi connectivity index (χ3v) is 6.36. The lowest BCUT2D eigenvalue weighted by Gasteiger charge is -2.34. The lowest BCUT2D eigenvalue weighted by molar-refractivity contribution is 0.0664. The van der Waals surface area contributed by atoms with E-state index in [0.717, 1.165) is 62.7 Å². The van der Waals surface area contributed by atoms with Crippen LogP contribution in [-0.2, 0) is 24.1 Å². The minimum Gasteiger partial charge on any atom is -0.480 e. The van der Waals surface area contributed by atoms with Crippen LogP contribution in [0.3, 0.4) is 0 Å². The van der Waals surface area contributed by atoms with Gasteiger partial charge in [-0.25, -0.2) is 4.98 Å². The summed E-state index contributed by atoms with van der Waals surface area (Å²) in [5, 5.41) is 8.94. The zero-order valence-electron chi connectivity index (χ0n) is 17.1. The molecule has 0 radical (unpaired) electrons. The van der Waals surface area contributed by atoms with E-state index < -0.39 is 0 Å². The summed E-state index contributed by atoms with van der Waals surface area (Å²) in [6.45, 7) is 4.77. The van der Waals surface area contributed by atoms with Gasteiger partial charge in [-0.2, -0.15) is 0 Å². The molecule has 154 valence electrons. The van der Waals surface area contributed by atoms with E-state index in [1.165, 1.54) is 5.56 Å². The molecular weight excluding hydrogens is 370 g/mol. The van der Waals surface area contributed by atoms with Crippen LogP contribution in [0.5, 0.6) is 5.88 Å². The Morgan fingerprint density at radius 1 is 1.24 bits per heavy atom. The van der Waals surface area contributed by atoms with E-state index in [4.69, 9.17) is 9.47 Å². The maximum Gasteiger partial charge on any atom is 0.259 e. The van der Waals surface area contributed by atoms with Crippen LogP contribution in [0.4, 0.5) is 0 Å². The monoisotopic (exact) mass is 397 g/mol. The van der Waals surface area contributed by atoms with Gasteiger partial charge in [-0.1, -0.05) is 0 Å². The van der Waals surface area contributed by atoms with Gasteiger partial charge < -0.3 is 18.9 Å². The average molecular weight is 397 g/mol. The number of fused-ring (bicyclic) bond motifs is 2. The number of ether oxygens (including phenoxy) is 2. The maximum atomic E-state index is 13.4. The molecule has 0 saturated carbocycles. The first-order valence-corrected chi connectivity index (χ1v) is 10.5. The molecule has 0 N–H and O–H groups in total. The predicted molar refractivity (Wildman–Crippen MR) is 105 cm³/mol. The fourth-order valence-corrected chi connectivity index (χ4v) is 4.88. The summed E-state index contributed by atoms with van der Waals surface area (Å²) in [7, 11) is 1.58. The van der Waals surface area contributed by atoms with Crippen molar-refractivity contribution < 1.29 is 14.3 Å². The molecule has 0 bridgehead atoms. The highest BCUT2D eigenvalue weighted by Crippen LogP contribution is 2.33. The number of rotatable bonds is 3. The first-order valence-electron chi connectivity index (χ1n) is 10.5. The van der Waals surface area contributed by atoms with E-state index in [2.05, 4.69) is 26.7 Å². The highest BCUT2D eigenvalue weighted by atomic mass is 16.5. The molecule has 2 aliphatic heterocycles. The number of carbonyl (C=O) groups is 1. The number of aromatic nitrogens is 4. The van der Waals surface area contributed by atoms with E-state index in [0.29, 0.717) is 30.5 Å². The Hall–Kier alpha value is -2.48. The molecule has 4 heterocycles. The minimum atomic E-state index is -0.0437. The Morgan fingerprint density at radius 3 is 2.86 bits per heavy atom. The highest BCUT2D eigenvalue weighted by Gasteiger charge is 2.34. The average Bonchev–Trinajstić information content (AvgIpc) is 3.39. The Bertz CT molecular complexity index is 935. The van der Waals surface area contributed by atoms with Crippen molar-refractivity contribution >= 4 is 5.91 Å². The van der Waals surface area contributed by atoms with Crippen LogP contribution in [0.2, 0.25) is 0 Å². The summed E-state index contributed by atoms with van der Waals surface area (Å²) in [4.78, 5) is 19.8. The van der Waals surface area contributed by atoms with Gasteiger partial charge in [0.1, 0.15) is 11.4 Å². The van der Waals surface area contributed by atoms with Gasteiger partial charge in [-0.3, -0.25) is 4.79 Å². The van der Waals surface area contributed by atoms with E-state index >= 15 is 0 Å². The number of hydrogen-bond acceptors (Lipinski definition) is 6. The molecule has 0 aromatic carbocycles. The second kappa shape index (κ2) is 7.40. The number of pyridine rings is 1. The Morgan fingerprint density at radius 2 is 2.07 bits per heavy atom. The van der Waals surface area contributed by atoms with Gasteiger partial charge in [0, 0.05) is 31.4 Å². The molecule has 8 heteroatoms. The first kappa shape index (κ1) is 18.5. The fourth-order valence-electron chi connectivity index (χ4n) is 4.88. The van der Waals surface area contributed by atoms with Crippen molar-refractivity contribution in [2.24, 2.45) is 0 Å². The van der Waals surface area contributed by atoms with Gasteiger partial charge in [-0.15, -0.1) is 10.2 Å². The summed E-state index contributed by atoms with van der Waals surface area (Å²) in [6, 6.07) is 2.11. The van der Waals surface area contributed by atoms with Crippen LogP contribution in [0.25, 0.3) is 0 Å². The predicted octanol–water partition coefficient (Wildman–Crippen LogP) is 2.28. The van der Waals surface area contributed by atoms with Crippen molar-refractivity contribution in [3.8, 4) is 5.88 Å². The van der Waals surface area contributed by atoms with E-state index in [-0.39, 0.29) is 11.9 Å². The quantitative estimate of drug-likeness (QED) is 0.790. The number of methoxy groups -OCH3 is 1. The fraction of sp³-hybridized carbons (Fsp3) is 0.619. The minimum absolute atomic E-state index is 0.0437. The molecule has 2 aromatic rings. The molecule has 8 nitrogen and oxygen atoms in total. The smallest absolute Gasteiger partial charge is 0.259 e. The SMILES string of the molecule is COc1nc2c(cc1C(=O)N1Cc3nnc(C4CCOCC4)n3[C@@H](C)C1)CCC2. The Balaban J connectivity index is 1.42. The summed E-state index contributed by atoms with van der Waals surface area (Å²) >= 11 is 0. The number of carbonyl (C=O) groups excluding carboxylic acids is 1. The highest BCUT2D eigenvalue weighted by molar-refractivity contribution is 5.96. The summed E-state index contributed by atoms with van der Waals surface area (Å²) in [6.07, 6.45) is 4.98. The van der Waals surface area contributed by atoms with Crippen LogP contribution < -0.4 is 4.74 Å². The summed E-state index contributed by atoms with van der Waals surface area (Å²) < 4.78 is 13.2. The van der Waals surface area contributed by atoms with Gasteiger partial charge in [0.2, 0.25) is 5.88 Å². The van der Waals surface area contributed by atoms with Crippen molar-refractivity contribution in [2.75, 3.05) is 26.9 Å². The molecule has 1 atom stereocenters. The number of nitrogens with zero attached hydrogens (tertiary/aromatic N) is 5. The zero-order valence-corrected chi connectivity index (χ0v) is 17.1. The maximum absolute atomic E-state index is 13.4.